The number of nitrogens with one attached hydrogen (secondary N) is 1. The minimum Gasteiger partial charge on any atom is -0.496 e. The Morgan fingerprint density at radius 2 is 2.16 bits per heavy atom. The summed E-state index contributed by atoms with van der Waals surface area (Å²) < 4.78 is 6.52. The van der Waals surface area contributed by atoms with Crippen molar-refractivity contribution in [1.82, 2.24) is 5.32 Å². The van der Waals surface area contributed by atoms with E-state index >= 15 is 0 Å². The number of ether oxygens (including phenoxy) is 1. The standard InChI is InChI=1S/C15H18BrNOS/c1-11(15-9-13(16)10-19-15)17-8-7-12-5-3-4-6-14(12)18-2/h3-6,9-11,17H,7-8H2,1-2H3. The highest BCUT2D eigenvalue weighted by molar-refractivity contribution is 9.10. The van der Waals surface area contributed by atoms with Gasteiger partial charge in [0.2, 0.25) is 0 Å². The van der Waals surface area contributed by atoms with Gasteiger partial charge in [0.05, 0.1) is 7.11 Å². The fourth-order valence-electron chi connectivity index (χ4n) is 1.99. The molecule has 1 heterocycles. The summed E-state index contributed by atoms with van der Waals surface area (Å²) in [6.45, 7) is 3.14. The quantitative estimate of drug-likeness (QED) is 0.841. The molecule has 1 unspecified atom stereocenters. The van der Waals surface area contributed by atoms with Crippen LogP contribution in [-0.4, -0.2) is 13.7 Å². The SMILES string of the molecule is COc1ccccc1CCNC(C)c1cc(Br)cs1. The predicted molar refractivity (Wildman–Crippen MR) is 85.1 cm³/mol. The molecule has 4 heteroatoms. The number of rotatable bonds is 6. The lowest BCUT2D eigenvalue weighted by atomic mass is 10.1. The van der Waals surface area contributed by atoms with Crippen LogP contribution in [0, 0.1) is 0 Å². The molecule has 2 nitrogen and oxygen atoms in total. The monoisotopic (exact) mass is 339 g/mol. The van der Waals surface area contributed by atoms with Crippen LogP contribution < -0.4 is 10.1 Å². The Bertz CT molecular complexity index is 526. The van der Waals surface area contributed by atoms with Gasteiger partial charge in [0, 0.05) is 20.8 Å². The Labute approximate surface area is 126 Å². The third-order valence-electron chi connectivity index (χ3n) is 3.05. The minimum atomic E-state index is 0.381. The maximum Gasteiger partial charge on any atom is 0.122 e. The second-order valence-electron chi connectivity index (χ2n) is 4.40. The van der Waals surface area contributed by atoms with Crippen LogP contribution in [0.25, 0.3) is 0 Å². The van der Waals surface area contributed by atoms with Crippen LogP contribution in [-0.2, 0) is 6.42 Å². The van der Waals surface area contributed by atoms with E-state index in [1.807, 2.05) is 12.1 Å². The van der Waals surface area contributed by atoms with Gasteiger partial charge in [-0.15, -0.1) is 11.3 Å². The molecule has 0 spiro atoms. The number of methoxy groups -OCH3 is 1. The van der Waals surface area contributed by atoms with Crippen molar-refractivity contribution in [2.24, 2.45) is 0 Å². The van der Waals surface area contributed by atoms with Crippen molar-refractivity contribution in [2.75, 3.05) is 13.7 Å². The molecule has 19 heavy (non-hydrogen) atoms. The van der Waals surface area contributed by atoms with Crippen LogP contribution in [0.2, 0.25) is 0 Å². The number of halogens is 1. The zero-order valence-corrected chi connectivity index (χ0v) is 13.6. The molecule has 0 amide bonds. The van der Waals surface area contributed by atoms with Gasteiger partial charge in [0.1, 0.15) is 5.75 Å². The van der Waals surface area contributed by atoms with Crippen molar-refractivity contribution in [3.05, 3.63) is 50.6 Å². The topological polar surface area (TPSA) is 21.3 Å². The summed E-state index contributed by atoms with van der Waals surface area (Å²) in [6.07, 6.45) is 0.973. The zero-order chi connectivity index (χ0) is 13.7. The second-order valence-corrected chi connectivity index (χ2v) is 6.26. The van der Waals surface area contributed by atoms with Gasteiger partial charge < -0.3 is 10.1 Å². The average Bonchev–Trinajstić information content (AvgIpc) is 2.86. The first-order chi connectivity index (χ1) is 9.20. The Kier molecular flexibility index (Phi) is 5.43. The maximum atomic E-state index is 5.36. The summed E-state index contributed by atoms with van der Waals surface area (Å²) in [5.41, 5.74) is 1.25. The van der Waals surface area contributed by atoms with Gasteiger partial charge in [0.25, 0.3) is 0 Å². The van der Waals surface area contributed by atoms with Crippen molar-refractivity contribution in [2.45, 2.75) is 19.4 Å². The van der Waals surface area contributed by atoms with Gasteiger partial charge in [-0.1, -0.05) is 18.2 Å². The lowest BCUT2D eigenvalue weighted by Gasteiger charge is -2.13. The normalized spacial score (nSPS) is 12.4. The lowest BCUT2D eigenvalue weighted by molar-refractivity contribution is 0.408. The van der Waals surface area contributed by atoms with E-state index in [0.29, 0.717) is 6.04 Å². The minimum absolute atomic E-state index is 0.381. The van der Waals surface area contributed by atoms with E-state index in [1.54, 1.807) is 18.4 Å². The molecule has 1 aromatic carbocycles. The number of para-hydroxylation sites is 1. The summed E-state index contributed by atoms with van der Waals surface area (Å²) in [5, 5.41) is 5.66. The first-order valence-electron chi connectivity index (χ1n) is 6.30. The van der Waals surface area contributed by atoms with E-state index in [4.69, 9.17) is 4.74 Å². The number of hydrogen-bond donors (Lipinski definition) is 1. The molecule has 0 fully saturated rings. The Morgan fingerprint density at radius 1 is 1.37 bits per heavy atom. The molecule has 0 bridgehead atoms. The second kappa shape index (κ2) is 7.08. The highest BCUT2D eigenvalue weighted by atomic mass is 79.9. The third kappa shape index (κ3) is 4.06. The first-order valence-corrected chi connectivity index (χ1v) is 7.97. The molecular formula is C15H18BrNOS. The number of benzene rings is 1. The summed E-state index contributed by atoms with van der Waals surface area (Å²) in [5.74, 6) is 0.968. The molecule has 0 radical (unpaired) electrons. The third-order valence-corrected chi connectivity index (χ3v) is 4.93. The lowest BCUT2D eigenvalue weighted by Crippen LogP contribution is -2.20. The van der Waals surface area contributed by atoms with E-state index in [1.165, 1.54) is 10.4 Å². The van der Waals surface area contributed by atoms with E-state index in [9.17, 15) is 0 Å². The van der Waals surface area contributed by atoms with E-state index in [0.717, 1.165) is 23.2 Å². The van der Waals surface area contributed by atoms with Gasteiger partial charge in [-0.05, 0) is 53.5 Å². The van der Waals surface area contributed by atoms with Crippen LogP contribution in [0.1, 0.15) is 23.4 Å². The van der Waals surface area contributed by atoms with Gasteiger partial charge in [-0.25, -0.2) is 0 Å². The zero-order valence-electron chi connectivity index (χ0n) is 11.2. The van der Waals surface area contributed by atoms with Crippen molar-refractivity contribution >= 4 is 27.3 Å². The smallest absolute Gasteiger partial charge is 0.122 e. The summed E-state index contributed by atoms with van der Waals surface area (Å²) in [4.78, 5) is 1.35. The van der Waals surface area contributed by atoms with Crippen LogP contribution >= 0.6 is 27.3 Å². The van der Waals surface area contributed by atoms with E-state index in [2.05, 4.69) is 51.7 Å². The number of thiophene rings is 1. The molecule has 0 aliphatic carbocycles. The molecular weight excluding hydrogens is 322 g/mol. The molecule has 0 aliphatic rings. The first kappa shape index (κ1) is 14.6. The van der Waals surface area contributed by atoms with Crippen LogP contribution in [0.4, 0.5) is 0 Å². The molecule has 0 saturated heterocycles. The number of hydrogen-bond acceptors (Lipinski definition) is 3. The molecule has 1 N–H and O–H groups in total. The van der Waals surface area contributed by atoms with Gasteiger partial charge in [0.15, 0.2) is 0 Å². The molecule has 2 rings (SSSR count). The van der Waals surface area contributed by atoms with Crippen LogP contribution in [0.5, 0.6) is 5.75 Å². The Balaban J connectivity index is 1.86. The molecule has 1 atom stereocenters. The van der Waals surface area contributed by atoms with Gasteiger partial charge in [-0.2, -0.15) is 0 Å². The molecule has 0 saturated carbocycles. The highest BCUT2D eigenvalue weighted by Crippen LogP contribution is 2.25. The van der Waals surface area contributed by atoms with Gasteiger partial charge >= 0.3 is 0 Å². The summed E-state index contributed by atoms with van der Waals surface area (Å²) >= 11 is 5.27. The van der Waals surface area contributed by atoms with Gasteiger partial charge in [-0.3, -0.25) is 0 Å². The predicted octanol–water partition coefficient (Wildman–Crippen LogP) is 4.41. The highest BCUT2D eigenvalue weighted by Gasteiger charge is 2.08. The Morgan fingerprint density at radius 3 is 2.84 bits per heavy atom. The fourth-order valence-corrected chi connectivity index (χ4v) is 3.47. The molecule has 0 aliphatic heterocycles. The van der Waals surface area contributed by atoms with Crippen molar-refractivity contribution in [3.63, 3.8) is 0 Å². The maximum absolute atomic E-state index is 5.36. The van der Waals surface area contributed by atoms with Crippen LogP contribution in [0.3, 0.4) is 0 Å². The fraction of sp³-hybridized carbons (Fsp3) is 0.333. The molecule has 102 valence electrons. The average molecular weight is 340 g/mol. The summed E-state index contributed by atoms with van der Waals surface area (Å²) in [7, 11) is 1.72. The van der Waals surface area contributed by atoms with E-state index in [-0.39, 0.29) is 0 Å². The molecule has 2 aromatic rings. The largest absolute Gasteiger partial charge is 0.496 e. The van der Waals surface area contributed by atoms with Crippen molar-refractivity contribution < 1.29 is 4.74 Å². The van der Waals surface area contributed by atoms with Crippen molar-refractivity contribution in [3.8, 4) is 5.75 Å². The van der Waals surface area contributed by atoms with Crippen molar-refractivity contribution in [1.29, 1.82) is 0 Å². The van der Waals surface area contributed by atoms with Crippen LogP contribution in [0.15, 0.2) is 40.2 Å². The summed E-state index contributed by atoms with van der Waals surface area (Å²) in [6, 6.07) is 10.7. The molecule has 1 aromatic heterocycles. The van der Waals surface area contributed by atoms with E-state index < -0.39 is 0 Å². The Hall–Kier alpha value is -0.840.